The van der Waals surface area contributed by atoms with Crippen molar-refractivity contribution in [1.29, 1.82) is 0 Å². The van der Waals surface area contributed by atoms with Crippen LogP contribution in [0.3, 0.4) is 0 Å². The van der Waals surface area contributed by atoms with E-state index in [0.29, 0.717) is 22.5 Å². The van der Waals surface area contributed by atoms with Crippen molar-refractivity contribution in [2.75, 3.05) is 7.11 Å². The summed E-state index contributed by atoms with van der Waals surface area (Å²) in [6.45, 7) is 0. The number of H-pyrrole nitrogens is 1. The summed E-state index contributed by atoms with van der Waals surface area (Å²) in [7, 11) is 1.56. The molecular formula is C13H10N4O2. The number of nitrogens with one attached hydrogen (secondary N) is 1. The number of rotatable bonds is 2. The molecule has 19 heavy (non-hydrogen) atoms. The van der Waals surface area contributed by atoms with E-state index in [0.717, 1.165) is 5.56 Å². The van der Waals surface area contributed by atoms with Gasteiger partial charge in [0.1, 0.15) is 0 Å². The zero-order chi connectivity index (χ0) is 13.2. The number of hydrogen-bond acceptors (Lipinski definition) is 5. The quantitative estimate of drug-likeness (QED) is 0.747. The van der Waals surface area contributed by atoms with E-state index in [4.69, 9.17) is 4.74 Å². The Balaban J connectivity index is 2.12. The Kier molecular flexibility index (Phi) is 2.68. The standard InChI is InChI=1S/C13H10N4O2/c1-19-9-5-14-12(15-6-9)8-2-3-10-11(4-8)16-7-17-13(10)18/h2-7H,1H3,(H,16,17,18). The summed E-state index contributed by atoms with van der Waals surface area (Å²) >= 11 is 0. The molecule has 0 aliphatic heterocycles. The van der Waals surface area contributed by atoms with E-state index in [1.807, 2.05) is 0 Å². The van der Waals surface area contributed by atoms with Crippen molar-refractivity contribution in [3.8, 4) is 17.1 Å². The first-order chi connectivity index (χ1) is 9.28. The fraction of sp³-hybridized carbons (Fsp3) is 0.0769. The van der Waals surface area contributed by atoms with Crippen LogP contribution in [-0.2, 0) is 0 Å². The molecule has 3 rings (SSSR count). The van der Waals surface area contributed by atoms with E-state index in [9.17, 15) is 4.79 Å². The van der Waals surface area contributed by atoms with Crippen LogP contribution in [0.4, 0.5) is 0 Å². The van der Waals surface area contributed by atoms with Crippen LogP contribution in [0.15, 0.2) is 41.7 Å². The van der Waals surface area contributed by atoms with Crippen molar-refractivity contribution in [1.82, 2.24) is 19.9 Å². The van der Waals surface area contributed by atoms with Gasteiger partial charge in [-0.25, -0.2) is 15.0 Å². The van der Waals surface area contributed by atoms with E-state index in [1.54, 1.807) is 37.7 Å². The maximum absolute atomic E-state index is 11.6. The molecule has 6 heteroatoms. The Morgan fingerprint density at radius 2 is 1.95 bits per heavy atom. The number of aromatic nitrogens is 4. The molecule has 1 aromatic carbocycles. The Hall–Kier alpha value is -2.76. The van der Waals surface area contributed by atoms with Gasteiger partial charge in [0.05, 0.1) is 36.7 Å². The first-order valence-corrected chi connectivity index (χ1v) is 5.62. The largest absolute Gasteiger partial charge is 0.494 e. The molecule has 3 aromatic rings. The molecule has 0 saturated carbocycles. The number of aromatic amines is 1. The van der Waals surface area contributed by atoms with Gasteiger partial charge in [-0.1, -0.05) is 6.07 Å². The number of fused-ring (bicyclic) bond motifs is 1. The summed E-state index contributed by atoms with van der Waals surface area (Å²) in [5.41, 5.74) is 1.25. The molecule has 6 nitrogen and oxygen atoms in total. The van der Waals surface area contributed by atoms with Crippen LogP contribution < -0.4 is 10.3 Å². The van der Waals surface area contributed by atoms with Gasteiger partial charge in [0, 0.05) is 5.56 Å². The van der Waals surface area contributed by atoms with Crippen molar-refractivity contribution >= 4 is 10.9 Å². The van der Waals surface area contributed by atoms with Gasteiger partial charge in [-0.3, -0.25) is 4.79 Å². The summed E-state index contributed by atoms with van der Waals surface area (Å²) in [4.78, 5) is 26.6. The molecule has 0 radical (unpaired) electrons. The van der Waals surface area contributed by atoms with Crippen LogP contribution in [-0.4, -0.2) is 27.0 Å². The normalized spacial score (nSPS) is 10.6. The van der Waals surface area contributed by atoms with E-state index >= 15 is 0 Å². The maximum atomic E-state index is 11.6. The lowest BCUT2D eigenvalue weighted by molar-refractivity contribution is 0.411. The van der Waals surface area contributed by atoms with Gasteiger partial charge in [0.25, 0.3) is 5.56 Å². The fourth-order valence-corrected chi connectivity index (χ4v) is 1.78. The Labute approximate surface area is 108 Å². The average molecular weight is 254 g/mol. The highest BCUT2D eigenvalue weighted by Crippen LogP contribution is 2.19. The Morgan fingerprint density at radius 3 is 2.68 bits per heavy atom. The first kappa shape index (κ1) is 11.3. The highest BCUT2D eigenvalue weighted by atomic mass is 16.5. The minimum absolute atomic E-state index is 0.160. The summed E-state index contributed by atoms with van der Waals surface area (Å²) in [5, 5.41) is 0.541. The van der Waals surface area contributed by atoms with E-state index in [2.05, 4.69) is 19.9 Å². The van der Waals surface area contributed by atoms with E-state index < -0.39 is 0 Å². The summed E-state index contributed by atoms with van der Waals surface area (Å²) in [5.74, 6) is 1.16. The number of benzene rings is 1. The van der Waals surface area contributed by atoms with Crippen LogP contribution in [0.2, 0.25) is 0 Å². The number of nitrogens with zero attached hydrogens (tertiary/aromatic N) is 3. The van der Waals surface area contributed by atoms with E-state index in [1.165, 1.54) is 6.33 Å². The lowest BCUT2D eigenvalue weighted by atomic mass is 10.1. The second-order valence-corrected chi connectivity index (χ2v) is 3.91. The average Bonchev–Trinajstić information content (AvgIpc) is 2.47. The zero-order valence-electron chi connectivity index (χ0n) is 10.1. The second kappa shape index (κ2) is 4.49. The third-order valence-corrected chi connectivity index (χ3v) is 2.76. The highest BCUT2D eigenvalue weighted by Gasteiger charge is 2.05. The zero-order valence-corrected chi connectivity index (χ0v) is 10.1. The highest BCUT2D eigenvalue weighted by molar-refractivity contribution is 5.81. The monoisotopic (exact) mass is 254 g/mol. The SMILES string of the molecule is COc1cnc(-c2ccc3c(=O)[nH]cnc3c2)nc1. The second-order valence-electron chi connectivity index (χ2n) is 3.91. The molecule has 0 bridgehead atoms. The van der Waals surface area contributed by atoms with Crippen molar-refractivity contribution in [2.45, 2.75) is 0 Å². The predicted octanol–water partition coefficient (Wildman–Crippen LogP) is 1.39. The van der Waals surface area contributed by atoms with Gasteiger partial charge in [-0.15, -0.1) is 0 Å². The molecular weight excluding hydrogens is 244 g/mol. The number of ether oxygens (including phenoxy) is 1. The van der Waals surface area contributed by atoms with Gasteiger partial charge in [0.2, 0.25) is 0 Å². The predicted molar refractivity (Wildman–Crippen MR) is 69.9 cm³/mol. The molecule has 0 amide bonds. The van der Waals surface area contributed by atoms with Crippen molar-refractivity contribution in [3.05, 3.63) is 47.3 Å². The summed E-state index contributed by atoms with van der Waals surface area (Å²) in [6, 6.07) is 5.29. The van der Waals surface area contributed by atoms with E-state index in [-0.39, 0.29) is 5.56 Å². The number of methoxy groups -OCH3 is 1. The summed E-state index contributed by atoms with van der Waals surface area (Å²) in [6.07, 6.45) is 4.57. The molecule has 0 aliphatic rings. The molecule has 0 aliphatic carbocycles. The van der Waals surface area contributed by atoms with Gasteiger partial charge in [-0.05, 0) is 12.1 Å². The van der Waals surface area contributed by atoms with Gasteiger partial charge >= 0.3 is 0 Å². The van der Waals surface area contributed by atoms with Gasteiger partial charge < -0.3 is 9.72 Å². The lowest BCUT2D eigenvalue weighted by Crippen LogP contribution is -2.06. The van der Waals surface area contributed by atoms with Crippen LogP contribution in [0.25, 0.3) is 22.3 Å². The molecule has 0 saturated heterocycles. The molecule has 0 spiro atoms. The lowest BCUT2D eigenvalue weighted by Gasteiger charge is -2.03. The van der Waals surface area contributed by atoms with Crippen LogP contribution in [0, 0.1) is 0 Å². The summed E-state index contributed by atoms with van der Waals surface area (Å²) < 4.78 is 5.01. The Bertz CT molecular complexity index is 781. The Morgan fingerprint density at radius 1 is 1.16 bits per heavy atom. The van der Waals surface area contributed by atoms with Crippen molar-refractivity contribution < 1.29 is 4.74 Å². The molecule has 1 N–H and O–H groups in total. The van der Waals surface area contributed by atoms with Gasteiger partial charge in [0.15, 0.2) is 11.6 Å². The topological polar surface area (TPSA) is 80.8 Å². The molecule has 94 valence electrons. The molecule has 0 unspecified atom stereocenters. The first-order valence-electron chi connectivity index (χ1n) is 5.62. The third kappa shape index (κ3) is 2.03. The smallest absolute Gasteiger partial charge is 0.258 e. The third-order valence-electron chi connectivity index (χ3n) is 2.76. The minimum Gasteiger partial charge on any atom is -0.494 e. The van der Waals surface area contributed by atoms with Crippen molar-refractivity contribution in [2.24, 2.45) is 0 Å². The number of hydrogen-bond donors (Lipinski definition) is 1. The van der Waals surface area contributed by atoms with Crippen molar-refractivity contribution in [3.63, 3.8) is 0 Å². The van der Waals surface area contributed by atoms with Crippen LogP contribution in [0.1, 0.15) is 0 Å². The molecule has 2 heterocycles. The molecule has 0 atom stereocenters. The molecule has 2 aromatic heterocycles. The van der Waals surface area contributed by atoms with Crippen LogP contribution in [0.5, 0.6) is 5.75 Å². The fourth-order valence-electron chi connectivity index (χ4n) is 1.78. The maximum Gasteiger partial charge on any atom is 0.258 e. The van der Waals surface area contributed by atoms with Crippen LogP contribution >= 0.6 is 0 Å². The molecule has 0 fully saturated rings. The van der Waals surface area contributed by atoms with Gasteiger partial charge in [-0.2, -0.15) is 0 Å². The minimum atomic E-state index is -0.160.